The molecule has 20 heavy (non-hydrogen) atoms. The minimum absolute atomic E-state index is 0.201. The fraction of sp³-hybridized carbons (Fsp3) is 0.600. The summed E-state index contributed by atoms with van der Waals surface area (Å²) in [6.45, 7) is 1.40. The molecule has 0 spiro atoms. The van der Waals surface area contributed by atoms with Gasteiger partial charge in [0.25, 0.3) is 0 Å². The van der Waals surface area contributed by atoms with Crippen LogP contribution in [0.15, 0.2) is 12.1 Å². The quantitative estimate of drug-likeness (QED) is 0.897. The van der Waals surface area contributed by atoms with E-state index in [2.05, 4.69) is 0 Å². The van der Waals surface area contributed by atoms with Gasteiger partial charge in [-0.1, -0.05) is 0 Å². The van der Waals surface area contributed by atoms with Gasteiger partial charge in [0.2, 0.25) is 5.75 Å². The summed E-state index contributed by atoms with van der Waals surface area (Å²) < 4.78 is 21.3. The summed E-state index contributed by atoms with van der Waals surface area (Å²) >= 11 is 0. The van der Waals surface area contributed by atoms with Crippen LogP contribution in [-0.2, 0) is 4.74 Å². The van der Waals surface area contributed by atoms with Crippen molar-refractivity contribution < 1.29 is 24.1 Å². The first-order valence-electron chi connectivity index (χ1n) is 6.77. The van der Waals surface area contributed by atoms with E-state index in [-0.39, 0.29) is 5.92 Å². The molecule has 0 radical (unpaired) electrons. The van der Waals surface area contributed by atoms with Crippen molar-refractivity contribution in [3.63, 3.8) is 0 Å². The van der Waals surface area contributed by atoms with Crippen molar-refractivity contribution in [3.05, 3.63) is 17.7 Å². The topological polar surface area (TPSA) is 57.2 Å². The third-order valence-electron chi connectivity index (χ3n) is 3.74. The van der Waals surface area contributed by atoms with E-state index in [9.17, 15) is 5.11 Å². The maximum atomic E-state index is 10.5. The molecule has 1 aromatic rings. The van der Waals surface area contributed by atoms with E-state index in [1.165, 1.54) is 0 Å². The molecular weight excluding hydrogens is 260 g/mol. The summed E-state index contributed by atoms with van der Waals surface area (Å²) in [5, 5.41) is 10.5. The lowest BCUT2D eigenvalue weighted by molar-refractivity contribution is 0.00703. The number of benzene rings is 1. The Morgan fingerprint density at radius 3 is 2.05 bits per heavy atom. The van der Waals surface area contributed by atoms with Crippen molar-refractivity contribution in [2.75, 3.05) is 34.5 Å². The Bertz CT molecular complexity index is 415. The van der Waals surface area contributed by atoms with Crippen molar-refractivity contribution in [2.24, 2.45) is 5.92 Å². The van der Waals surface area contributed by atoms with Gasteiger partial charge in [-0.05, 0) is 36.5 Å². The van der Waals surface area contributed by atoms with Crippen LogP contribution in [0.3, 0.4) is 0 Å². The van der Waals surface area contributed by atoms with Crippen LogP contribution in [0.4, 0.5) is 0 Å². The van der Waals surface area contributed by atoms with Crippen LogP contribution in [0.1, 0.15) is 24.5 Å². The Kier molecular flexibility index (Phi) is 5.09. The number of hydrogen-bond acceptors (Lipinski definition) is 5. The maximum absolute atomic E-state index is 10.5. The predicted molar refractivity (Wildman–Crippen MR) is 74.6 cm³/mol. The van der Waals surface area contributed by atoms with Gasteiger partial charge in [0.15, 0.2) is 11.5 Å². The second-order valence-corrected chi connectivity index (χ2v) is 4.85. The van der Waals surface area contributed by atoms with Crippen LogP contribution in [0.5, 0.6) is 17.2 Å². The average Bonchev–Trinajstić information content (AvgIpc) is 2.53. The Morgan fingerprint density at radius 1 is 1.05 bits per heavy atom. The molecule has 1 atom stereocenters. The van der Waals surface area contributed by atoms with E-state index >= 15 is 0 Å². The number of ether oxygens (including phenoxy) is 4. The van der Waals surface area contributed by atoms with Gasteiger partial charge in [0.1, 0.15) is 0 Å². The minimum atomic E-state index is -0.549. The summed E-state index contributed by atoms with van der Waals surface area (Å²) in [4.78, 5) is 0. The fourth-order valence-electron chi connectivity index (χ4n) is 2.58. The van der Waals surface area contributed by atoms with Crippen LogP contribution in [0, 0.1) is 5.92 Å². The molecule has 1 saturated heterocycles. The zero-order valence-corrected chi connectivity index (χ0v) is 12.2. The van der Waals surface area contributed by atoms with E-state index in [0.717, 1.165) is 18.4 Å². The zero-order valence-electron chi connectivity index (χ0n) is 12.2. The molecule has 1 aliphatic heterocycles. The van der Waals surface area contributed by atoms with Gasteiger partial charge < -0.3 is 24.1 Å². The number of aliphatic hydroxyl groups excluding tert-OH is 1. The molecule has 5 heteroatoms. The van der Waals surface area contributed by atoms with E-state index in [1.54, 1.807) is 21.3 Å². The molecule has 0 saturated carbocycles. The lowest BCUT2D eigenvalue weighted by Crippen LogP contribution is -2.22. The normalized spacial score (nSPS) is 17.6. The Morgan fingerprint density at radius 2 is 1.60 bits per heavy atom. The molecule has 5 nitrogen and oxygen atoms in total. The van der Waals surface area contributed by atoms with E-state index in [4.69, 9.17) is 18.9 Å². The first kappa shape index (κ1) is 14.9. The third kappa shape index (κ3) is 2.99. The summed E-state index contributed by atoms with van der Waals surface area (Å²) in [6.07, 6.45) is 1.17. The lowest BCUT2D eigenvalue weighted by atomic mass is 9.89. The largest absolute Gasteiger partial charge is 0.493 e. The second kappa shape index (κ2) is 6.81. The number of aliphatic hydroxyl groups is 1. The Balaban J connectivity index is 2.30. The van der Waals surface area contributed by atoms with Gasteiger partial charge in [-0.25, -0.2) is 0 Å². The smallest absolute Gasteiger partial charge is 0.203 e. The minimum Gasteiger partial charge on any atom is -0.493 e. The molecule has 1 fully saturated rings. The van der Waals surface area contributed by atoms with Crippen molar-refractivity contribution in [1.29, 1.82) is 0 Å². The molecule has 1 N–H and O–H groups in total. The van der Waals surface area contributed by atoms with Gasteiger partial charge in [0.05, 0.1) is 27.4 Å². The summed E-state index contributed by atoms with van der Waals surface area (Å²) in [5.74, 6) is 1.87. The average molecular weight is 282 g/mol. The molecule has 1 aromatic carbocycles. The first-order valence-corrected chi connectivity index (χ1v) is 6.77. The molecule has 112 valence electrons. The van der Waals surface area contributed by atoms with Crippen molar-refractivity contribution in [2.45, 2.75) is 18.9 Å². The van der Waals surface area contributed by atoms with Gasteiger partial charge in [-0.2, -0.15) is 0 Å². The van der Waals surface area contributed by atoms with Gasteiger partial charge >= 0.3 is 0 Å². The highest BCUT2D eigenvalue weighted by molar-refractivity contribution is 5.54. The highest BCUT2D eigenvalue weighted by atomic mass is 16.5. The number of hydrogen-bond donors (Lipinski definition) is 1. The number of rotatable bonds is 5. The van der Waals surface area contributed by atoms with Crippen molar-refractivity contribution in [1.82, 2.24) is 0 Å². The third-order valence-corrected chi connectivity index (χ3v) is 3.74. The van der Waals surface area contributed by atoms with Gasteiger partial charge in [-0.3, -0.25) is 0 Å². The molecule has 0 aromatic heterocycles. The van der Waals surface area contributed by atoms with E-state index in [0.29, 0.717) is 30.5 Å². The lowest BCUT2D eigenvalue weighted by Gasteiger charge is -2.27. The predicted octanol–water partition coefficient (Wildman–Crippen LogP) is 2.17. The molecule has 1 heterocycles. The molecule has 2 rings (SSSR count). The zero-order chi connectivity index (χ0) is 14.5. The Hall–Kier alpha value is -1.46. The number of methoxy groups -OCH3 is 3. The second-order valence-electron chi connectivity index (χ2n) is 4.85. The van der Waals surface area contributed by atoms with Crippen LogP contribution in [-0.4, -0.2) is 39.6 Å². The fourth-order valence-corrected chi connectivity index (χ4v) is 2.58. The Labute approximate surface area is 119 Å². The summed E-state index contributed by atoms with van der Waals surface area (Å²) in [5.41, 5.74) is 0.784. The van der Waals surface area contributed by atoms with Crippen LogP contribution in [0.25, 0.3) is 0 Å². The standard InChI is InChI=1S/C15H22O5/c1-17-12-8-11(9-13(18-2)15(12)19-3)14(16)10-4-6-20-7-5-10/h8-10,14,16H,4-7H2,1-3H3. The SMILES string of the molecule is COc1cc(C(O)C2CCOCC2)cc(OC)c1OC. The first-order chi connectivity index (χ1) is 9.71. The monoisotopic (exact) mass is 282 g/mol. The highest BCUT2D eigenvalue weighted by Crippen LogP contribution is 2.41. The van der Waals surface area contributed by atoms with Crippen molar-refractivity contribution in [3.8, 4) is 17.2 Å². The molecule has 1 unspecified atom stereocenters. The highest BCUT2D eigenvalue weighted by Gasteiger charge is 2.25. The maximum Gasteiger partial charge on any atom is 0.203 e. The van der Waals surface area contributed by atoms with Gasteiger partial charge in [0, 0.05) is 13.2 Å². The molecule has 1 aliphatic rings. The van der Waals surface area contributed by atoms with E-state index in [1.807, 2.05) is 12.1 Å². The molecule has 0 bridgehead atoms. The van der Waals surface area contributed by atoms with Crippen LogP contribution >= 0.6 is 0 Å². The molecular formula is C15H22O5. The van der Waals surface area contributed by atoms with E-state index < -0.39 is 6.10 Å². The summed E-state index contributed by atoms with van der Waals surface area (Å²) in [7, 11) is 4.71. The van der Waals surface area contributed by atoms with Crippen molar-refractivity contribution >= 4 is 0 Å². The molecule has 0 aliphatic carbocycles. The summed E-state index contributed by atoms with van der Waals surface area (Å²) in [6, 6.07) is 3.61. The van der Waals surface area contributed by atoms with Crippen LogP contribution in [0.2, 0.25) is 0 Å². The molecule has 0 amide bonds. The van der Waals surface area contributed by atoms with Gasteiger partial charge in [-0.15, -0.1) is 0 Å². The van der Waals surface area contributed by atoms with Crippen LogP contribution < -0.4 is 14.2 Å².